The van der Waals surface area contributed by atoms with Gasteiger partial charge in [0.25, 0.3) is 0 Å². The van der Waals surface area contributed by atoms with Crippen LogP contribution in [0.15, 0.2) is 41.9 Å². The molecule has 146 valence electrons. The topological polar surface area (TPSA) is 72.0 Å². The highest BCUT2D eigenvalue weighted by atomic mass is 127. The summed E-state index contributed by atoms with van der Waals surface area (Å²) in [5.41, 5.74) is 1.06. The number of ether oxygens (including phenoxy) is 2. The fourth-order valence-corrected chi connectivity index (χ4v) is 2.22. The van der Waals surface area contributed by atoms with Gasteiger partial charge < -0.3 is 20.1 Å². The van der Waals surface area contributed by atoms with E-state index >= 15 is 0 Å². The third kappa shape index (κ3) is 10.3. The van der Waals surface area contributed by atoms with Gasteiger partial charge in [-0.1, -0.05) is 37.3 Å². The normalized spacial score (nSPS) is 10.5. The van der Waals surface area contributed by atoms with E-state index in [1.54, 1.807) is 13.1 Å². The van der Waals surface area contributed by atoms with Gasteiger partial charge in [0, 0.05) is 32.1 Å². The van der Waals surface area contributed by atoms with Crippen LogP contribution in [0.5, 0.6) is 5.75 Å². The average Bonchev–Trinajstić information content (AvgIpc) is 2.65. The van der Waals surface area contributed by atoms with Crippen LogP contribution < -0.4 is 15.4 Å². The molecular formula is C19H30IN3O3. The number of carbonyl (C=O) groups is 1. The zero-order valence-electron chi connectivity index (χ0n) is 15.6. The van der Waals surface area contributed by atoms with Gasteiger partial charge >= 0.3 is 5.97 Å². The lowest BCUT2D eigenvalue weighted by atomic mass is 10.2. The fraction of sp³-hybridized carbons (Fsp3) is 0.474. The largest absolute Gasteiger partial charge is 0.489 e. The third-order valence-electron chi connectivity index (χ3n) is 3.58. The van der Waals surface area contributed by atoms with E-state index in [4.69, 9.17) is 4.74 Å². The summed E-state index contributed by atoms with van der Waals surface area (Å²) in [6.45, 7) is 5.57. The number of nitrogens with zero attached hydrogens (tertiary/aromatic N) is 1. The lowest BCUT2D eigenvalue weighted by Crippen LogP contribution is -2.37. The summed E-state index contributed by atoms with van der Waals surface area (Å²) in [4.78, 5) is 15.2. The zero-order chi connectivity index (χ0) is 18.3. The molecule has 0 bridgehead atoms. The van der Waals surface area contributed by atoms with Crippen molar-refractivity contribution in [2.24, 2.45) is 4.99 Å². The number of hydrogen-bond donors (Lipinski definition) is 2. The Morgan fingerprint density at radius 2 is 2.00 bits per heavy atom. The first-order chi connectivity index (χ1) is 12.2. The van der Waals surface area contributed by atoms with Crippen LogP contribution in [-0.4, -0.2) is 39.2 Å². The molecule has 0 spiro atoms. The molecule has 0 atom stereocenters. The third-order valence-corrected chi connectivity index (χ3v) is 3.58. The minimum Gasteiger partial charge on any atom is -0.489 e. The Balaban J connectivity index is 0.00000625. The van der Waals surface area contributed by atoms with E-state index in [0.717, 1.165) is 43.1 Å². The number of nitrogens with one attached hydrogen (secondary N) is 2. The Bertz CT molecular complexity index is 565. The van der Waals surface area contributed by atoms with Crippen molar-refractivity contribution < 1.29 is 14.3 Å². The highest BCUT2D eigenvalue weighted by Gasteiger charge is 2.04. The van der Waals surface area contributed by atoms with Crippen molar-refractivity contribution in [2.75, 3.05) is 27.3 Å². The van der Waals surface area contributed by atoms with Crippen molar-refractivity contribution in [3.8, 4) is 5.75 Å². The lowest BCUT2D eigenvalue weighted by molar-refractivity contribution is -0.140. The number of halogens is 1. The minimum atomic E-state index is -0.150. The summed E-state index contributed by atoms with van der Waals surface area (Å²) < 4.78 is 10.3. The number of rotatable bonds is 11. The molecule has 0 amide bonds. The number of guanidine groups is 1. The number of hydrogen-bond acceptors (Lipinski definition) is 4. The van der Waals surface area contributed by atoms with E-state index in [2.05, 4.69) is 26.9 Å². The maximum absolute atomic E-state index is 11.0. The molecule has 0 heterocycles. The highest BCUT2D eigenvalue weighted by Crippen LogP contribution is 2.17. The summed E-state index contributed by atoms with van der Waals surface area (Å²) >= 11 is 0. The zero-order valence-corrected chi connectivity index (χ0v) is 18.0. The SMILES string of the molecule is C=CCOc1ccccc1CNC(=NC)NCCCCCC(=O)OC.I. The van der Waals surface area contributed by atoms with Gasteiger partial charge in [-0.3, -0.25) is 9.79 Å². The van der Waals surface area contributed by atoms with Crippen LogP contribution in [-0.2, 0) is 16.1 Å². The van der Waals surface area contributed by atoms with Gasteiger partial charge in [0.15, 0.2) is 5.96 Å². The molecule has 0 radical (unpaired) electrons. The van der Waals surface area contributed by atoms with E-state index in [1.165, 1.54) is 7.11 Å². The lowest BCUT2D eigenvalue weighted by Gasteiger charge is -2.14. The Morgan fingerprint density at radius 1 is 1.23 bits per heavy atom. The second-order valence-corrected chi connectivity index (χ2v) is 5.45. The molecule has 7 heteroatoms. The number of carbonyl (C=O) groups excluding carboxylic acids is 1. The summed E-state index contributed by atoms with van der Waals surface area (Å²) in [5.74, 6) is 1.43. The number of esters is 1. The molecule has 0 fully saturated rings. The fourth-order valence-electron chi connectivity index (χ4n) is 2.22. The van der Waals surface area contributed by atoms with Crippen LogP contribution >= 0.6 is 24.0 Å². The van der Waals surface area contributed by atoms with Crippen molar-refractivity contribution in [3.63, 3.8) is 0 Å². The standard InChI is InChI=1S/C19H29N3O3.HI/c1-4-14-25-17-11-8-7-10-16(17)15-22-19(20-2)21-13-9-5-6-12-18(23)24-3;/h4,7-8,10-11H,1,5-6,9,12-15H2,2-3H3,(H2,20,21,22);1H. The van der Waals surface area contributed by atoms with Crippen LogP contribution in [0, 0.1) is 0 Å². The molecule has 0 aliphatic rings. The van der Waals surface area contributed by atoms with Crippen LogP contribution in [0.25, 0.3) is 0 Å². The molecule has 1 aromatic carbocycles. The van der Waals surface area contributed by atoms with Gasteiger partial charge in [0.1, 0.15) is 12.4 Å². The molecule has 1 rings (SSSR count). The van der Waals surface area contributed by atoms with Crippen LogP contribution in [0.1, 0.15) is 31.2 Å². The Labute approximate surface area is 173 Å². The molecule has 0 saturated heterocycles. The van der Waals surface area contributed by atoms with Gasteiger partial charge in [-0.05, 0) is 18.9 Å². The molecule has 6 nitrogen and oxygen atoms in total. The average molecular weight is 475 g/mol. The molecule has 0 aliphatic heterocycles. The maximum Gasteiger partial charge on any atom is 0.305 e. The number of para-hydroxylation sites is 1. The molecule has 0 saturated carbocycles. The van der Waals surface area contributed by atoms with Gasteiger partial charge in [0.05, 0.1) is 7.11 Å². The van der Waals surface area contributed by atoms with Gasteiger partial charge in [-0.2, -0.15) is 0 Å². The number of unbranched alkanes of at least 4 members (excludes halogenated alkanes) is 2. The molecule has 0 aliphatic carbocycles. The van der Waals surface area contributed by atoms with Crippen molar-refractivity contribution in [3.05, 3.63) is 42.5 Å². The first kappa shape index (κ1) is 24.2. The molecule has 2 N–H and O–H groups in total. The summed E-state index contributed by atoms with van der Waals surface area (Å²) in [6.07, 6.45) is 4.98. The molecule has 0 unspecified atom stereocenters. The summed E-state index contributed by atoms with van der Waals surface area (Å²) in [6, 6.07) is 7.89. The summed E-state index contributed by atoms with van der Waals surface area (Å²) in [7, 11) is 3.16. The van der Waals surface area contributed by atoms with E-state index in [-0.39, 0.29) is 29.9 Å². The first-order valence-corrected chi connectivity index (χ1v) is 8.54. The predicted octanol–water partition coefficient (Wildman–Crippen LogP) is 3.27. The van der Waals surface area contributed by atoms with E-state index in [1.807, 2.05) is 24.3 Å². The molecular weight excluding hydrogens is 445 g/mol. The van der Waals surface area contributed by atoms with Crippen LogP contribution in [0.2, 0.25) is 0 Å². The molecule has 0 aromatic heterocycles. The predicted molar refractivity (Wildman–Crippen MR) is 116 cm³/mol. The van der Waals surface area contributed by atoms with Crippen molar-refractivity contribution in [2.45, 2.75) is 32.2 Å². The Morgan fingerprint density at radius 3 is 2.69 bits per heavy atom. The van der Waals surface area contributed by atoms with E-state index in [9.17, 15) is 4.79 Å². The molecule has 26 heavy (non-hydrogen) atoms. The maximum atomic E-state index is 11.0. The monoisotopic (exact) mass is 475 g/mol. The molecule has 1 aromatic rings. The van der Waals surface area contributed by atoms with Crippen molar-refractivity contribution >= 4 is 35.9 Å². The summed E-state index contributed by atoms with van der Waals surface area (Å²) in [5, 5.41) is 6.55. The Hall–Kier alpha value is -1.77. The second-order valence-electron chi connectivity index (χ2n) is 5.45. The smallest absolute Gasteiger partial charge is 0.305 e. The van der Waals surface area contributed by atoms with Gasteiger partial charge in [0.2, 0.25) is 0 Å². The minimum absolute atomic E-state index is 0. The number of methoxy groups -OCH3 is 1. The first-order valence-electron chi connectivity index (χ1n) is 8.54. The van der Waals surface area contributed by atoms with Crippen LogP contribution in [0.4, 0.5) is 0 Å². The second kappa shape index (κ2) is 15.5. The van der Waals surface area contributed by atoms with Gasteiger partial charge in [-0.15, -0.1) is 24.0 Å². The van der Waals surface area contributed by atoms with Crippen LogP contribution in [0.3, 0.4) is 0 Å². The van der Waals surface area contributed by atoms with Crippen molar-refractivity contribution in [1.82, 2.24) is 10.6 Å². The van der Waals surface area contributed by atoms with E-state index < -0.39 is 0 Å². The highest BCUT2D eigenvalue weighted by molar-refractivity contribution is 14.0. The van der Waals surface area contributed by atoms with Gasteiger partial charge in [-0.25, -0.2) is 0 Å². The number of benzene rings is 1. The van der Waals surface area contributed by atoms with Crippen molar-refractivity contribution in [1.29, 1.82) is 0 Å². The Kier molecular flexibility index (Phi) is 14.4. The number of aliphatic imine (C=N–C) groups is 1. The van der Waals surface area contributed by atoms with E-state index in [0.29, 0.717) is 19.6 Å². The quantitative estimate of drug-likeness (QED) is 0.128.